The van der Waals surface area contributed by atoms with E-state index in [1.807, 2.05) is 13.0 Å². The third kappa shape index (κ3) is 4.04. The molecule has 0 radical (unpaired) electrons. The van der Waals surface area contributed by atoms with Gasteiger partial charge >= 0.3 is 5.97 Å². The lowest BCUT2D eigenvalue weighted by Gasteiger charge is -2.11. The molecule has 0 saturated heterocycles. The molecule has 0 spiro atoms. The Morgan fingerprint density at radius 3 is 2.88 bits per heavy atom. The SMILES string of the molecule is Cc1ccsc1C(=O)OCC(=O)Nc1cc(Cl)ccc1-n1cncn1. The molecule has 0 atom stereocenters. The van der Waals surface area contributed by atoms with Gasteiger partial charge in [-0.05, 0) is 42.1 Å². The Bertz CT molecular complexity index is 908. The minimum Gasteiger partial charge on any atom is -0.451 e. The van der Waals surface area contributed by atoms with Crippen LogP contribution in [0.2, 0.25) is 5.02 Å². The van der Waals surface area contributed by atoms with Crippen LogP contribution in [0.3, 0.4) is 0 Å². The number of thiophene rings is 1. The summed E-state index contributed by atoms with van der Waals surface area (Å²) in [6, 6.07) is 6.78. The number of hydrogen-bond donors (Lipinski definition) is 1. The van der Waals surface area contributed by atoms with E-state index >= 15 is 0 Å². The van der Waals surface area contributed by atoms with Crippen LogP contribution in [0.25, 0.3) is 5.69 Å². The van der Waals surface area contributed by atoms with E-state index in [-0.39, 0.29) is 0 Å². The van der Waals surface area contributed by atoms with Gasteiger partial charge in [-0.25, -0.2) is 14.5 Å². The number of amides is 1. The summed E-state index contributed by atoms with van der Waals surface area (Å²) in [4.78, 5) is 28.4. The first-order chi connectivity index (χ1) is 12.0. The topological polar surface area (TPSA) is 86.1 Å². The number of benzene rings is 1. The van der Waals surface area contributed by atoms with Crippen LogP contribution in [-0.2, 0) is 9.53 Å². The van der Waals surface area contributed by atoms with Crippen LogP contribution in [0.15, 0.2) is 42.3 Å². The highest BCUT2D eigenvalue weighted by atomic mass is 35.5. The smallest absolute Gasteiger partial charge is 0.349 e. The third-order valence-electron chi connectivity index (χ3n) is 3.28. The number of nitrogens with one attached hydrogen (secondary N) is 1. The van der Waals surface area contributed by atoms with Gasteiger partial charge in [0.05, 0.1) is 11.4 Å². The van der Waals surface area contributed by atoms with Crippen molar-refractivity contribution >= 4 is 40.5 Å². The number of rotatable bonds is 5. The van der Waals surface area contributed by atoms with E-state index in [0.29, 0.717) is 21.3 Å². The molecule has 0 aliphatic heterocycles. The van der Waals surface area contributed by atoms with Gasteiger partial charge in [0, 0.05) is 5.02 Å². The average Bonchev–Trinajstić information content (AvgIpc) is 3.24. The summed E-state index contributed by atoms with van der Waals surface area (Å²) < 4.78 is 6.55. The standard InChI is InChI=1S/C16H13ClN4O3S/c1-10-4-5-25-15(10)16(23)24-7-14(22)20-12-6-11(17)2-3-13(12)21-9-18-8-19-21/h2-6,8-9H,7H2,1H3,(H,20,22). The van der Waals surface area contributed by atoms with Gasteiger partial charge in [-0.15, -0.1) is 11.3 Å². The van der Waals surface area contributed by atoms with Gasteiger partial charge in [0.15, 0.2) is 6.61 Å². The first kappa shape index (κ1) is 17.1. The molecule has 3 rings (SSSR count). The van der Waals surface area contributed by atoms with Crippen LogP contribution < -0.4 is 5.32 Å². The Hall–Kier alpha value is -2.71. The first-order valence-corrected chi connectivity index (χ1v) is 8.46. The fourth-order valence-electron chi connectivity index (χ4n) is 2.11. The summed E-state index contributed by atoms with van der Waals surface area (Å²) in [5, 5.41) is 8.94. The molecule has 7 nitrogen and oxygen atoms in total. The maximum atomic E-state index is 12.1. The molecule has 0 aliphatic carbocycles. The number of esters is 1. The maximum absolute atomic E-state index is 12.1. The monoisotopic (exact) mass is 376 g/mol. The van der Waals surface area contributed by atoms with Crippen molar-refractivity contribution in [2.45, 2.75) is 6.92 Å². The first-order valence-electron chi connectivity index (χ1n) is 7.20. The number of aromatic nitrogens is 3. The molecular formula is C16H13ClN4O3S. The number of halogens is 1. The van der Waals surface area contributed by atoms with Crippen LogP contribution in [0, 0.1) is 6.92 Å². The molecule has 9 heteroatoms. The van der Waals surface area contributed by atoms with Crippen LogP contribution in [-0.4, -0.2) is 33.2 Å². The van der Waals surface area contributed by atoms with Crippen LogP contribution in [0.1, 0.15) is 15.2 Å². The molecule has 2 aromatic heterocycles. The highest BCUT2D eigenvalue weighted by Gasteiger charge is 2.15. The summed E-state index contributed by atoms with van der Waals surface area (Å²) in [7, 11) is 0. The zero-order valence-corrected chi connectivity index (χ0v) is 14.7. The fourth-order valence-corrected chi connectivity index (χ4v) is 3.10. The van der Waals surface area contributed by atoms with Gasteiger partial charge in [-0.1, -0.05) is 11.6 Å². The fraction of sp³-hybridized carbons (Fsp3) is 0.125. The zero-order valence-electron chi connectivity index (χ0n) is 13.1. The molecule has 128 valence electrons. The number of anilines is 1. The molecule has 2 heterocycles. The van der Waals surface area contributed by atoms with E-state index in [1.165, 1.54) is 28.7 Å². The van der Waals surface area contributed by atoms with Gasteiger partial charge < -0.3 is 10.1 Å². The highest BCUT2D eigenvalue weighted by molar-refractivity contribution is 7.12. The Morgan fingerprint density at radius 2 is 2.20 bits per heavy atom. The Kier molecular flexibility index (Phi) is 5.11. The van der Waals surface area contributed by atoms with Crippen molar-refractivity contribution in [2.24, 2.45) is 0 Å². The lowest BCUT2D eigenvalue weighted by Crippen LogP contribution is -2.21. The molecule has 0 unspecified atom stereocenters. The molecule has 25 heavy (non-hydrogen) atoms. The Labute approximate surface area is 152 Å². The number of hydrogen-bond acceptors (Lipinski definition) is 6. The van der Waals surface area contributed by atoms with Crippen molar-refractivity contribution in [1.29, 1.82) is 0 Å². The Balaban J connectivity index is 1.68. The minimum absolute atomic E-state index is 0.403. The highest BCUT2D eigenvalue weighted by Crippen LogP contribution is 2.24. The quantitative estimate of drug-likeness (QED) is 0.691. The van der Waals surface area contributed by atoms with Gasteiger partial charge in [0.2, 0.25) is 0 Å². The number of carbonyl (C=O) groups is 2. The molecule has 1 N–H and O–H groups in total. The maximum Gasteiger partial charge on any atom is 0.349 e. The lowest BCUT2D eigenvalue weighted by molar-refractivity contribution is -0.119. The van der Waals surface area contributed by atoms with Gasteiger partial charge in [0.1, 0.15) is 17.5 Å². The number of ether oxygens (including phenoxy) is 1. The number of carbonyl (C=O) groups excluding carboxylic acids is 2. The molecule has 1 aromatic carbocycles. The van der Waals surface area contributed by atoms with E-state index in [2.05, 4.69) is 15.4 Å². The largest absolute Gasteiger partial charge is 0.451 e. The molecule has 0 fully saturated rings. The predicted molar refractivity (Wildman–Crippen MR) is 94.3 cm³/mol. The van der Waals surface area contributed by atoms with E-state index in [9.17, 15) is 9.59 Å². The summed E-state index contributed by atoms with van der Waals surface area (Å²) in [5.41, 5.74) is 1.85. The molecular weight excluding hydrogens is 364 g/mol. The van der Waals surface area contributed by atoms with Gasteiger partial charge in [-0.2, -0.15) is 5.10 Å². The van der Waals surface area contributed by atoms with E-state index in [1.54, 1.807) is 23.6 Å². The van der Waals surface area contributed by atoms with E-state index in [4.69, 9.17) is 16.3 Å². The summed E-state index contributed by atoms with van der Waals surface area (Å²) in [6.45, 7) is 1.41. The third-order valence-corrected chi connectivity index (χ3v) is 4.51. The van der Waals surface area contributed by atoms with Crippen molar-refractivity contribution in [1.82, 2.24) is 14.8 Å². The van der Waals surface area contributed by atoms with Crippen LogP contribution >= 0.6 is 22.9 Å². The van der Waals surface area contributed by atoms with Crippen molar-refractivity contribution in [3.8, 4) is 5.69 Å². The molecule has 3 aromatic rings. The second-order valence-corrected chi connectivity index (χ2v) is 6.41. The molecule has 0 saturated carbocycles. The average molecular weight is 377 g/mol. The summed E-state index contributed by atoms with van der Waals surface area (Å²) >= 11 is 7.27. The van der Waals surface area contributed by atoms with Gasteiger partial charge in [0.25, 0.3) is 5.91 Å². The number of aryl methyl sites for hydroxylation is 1. The summed E-state index contributed by atoms with van der Waals surface area (Å²) in [6.07, 6.45) is 2.88. The van der Waals surface area contributed by atoms with E-state index < -0.39 is 18.5 Å². The molecule has 0 aliphatic rings. The lowest BCUT2D eigenvalue weighted by atomic mass is 10.2. The second kappa shape index (κ2) is 7.45. The van der Waals surface area contributed by atoms with Crippen LogP contribution in [0.4, 0.5) is 5.69 Å². The van der Waals surface area contributed by atoms with E-state index in [0.717, 1.165) is 5.56 Å². The van der Waals surface area contributed by atoms with Crippen molar-refractivity contribution in [3.63, 3.8) is 0 Å². The van der Waals surface area contributed by atoms with Crippen molar-refractivity contribution in [2.75, 3.05) is 11.9 Å². The zero-order chi connectivity index (χ0) is 17.8. The van der Waals surface area contributed by atoms with Crippen molar-refractivity contribution < 1.29 is 14.3 Å². The molecule has 0 bridgehead atoms. The normalized spacial score (nSPS) is 10.5. The van der Waals surface area contributed by atoms with Crippen LogP contribution in [0.5, 0.6) is 0 Å². The second-order valence-electron chi connectivity index (χ2n) is 5.06. The summed E-state index contributed by atoms with van der Waals surface area (Å²) in [5.74, 6) is -1.00. The van der Waals surface area contributed by atoms with Crippen molar-refractivity contribution in [3.05, 3.63) is 57.8 Å². The predicted octanol–water partition coefficient (Wildman–Crippen LogP) is 3.09. The Morgan fingerprint density at radius 1 is 1.36 bits per heavy atom. The minimum atomic E-state index is -0.523. The number of nitrogens with zero attached hydrogens (tertiary/aromatic N) is 3. The van der Waals surface area contributed by atoms with Gasteiger partial charge in [-0.3, -0.25) is 4.79 Å². The molecule has 1 amide bonds.